The normalized spacial score (nSPS) is 20.0. The fourth-order valence-corrected chi connectivity index (χ4v) is 3.17. The molecule has 2 heterocycles. The largest absolute Gasteiger partial charge is 0.480 e. The lowest BCUT2D eigenvalue weighted by molar-refractivity contribution is -0.138. The van der Waals surface area contributed by atoms with Crippen molar-refractivity contribution < 1.29 is 14.7 Å². The minimum Gasteiger partial charge on any atom is -0.480 e. The number of carbonyl (C=O) groups is 2. The summed E-state index contributed by atoms with van der Waals surface area (Å²) in [5.74, 6) is -0.948. The van der Waals surface area contributed by atoms with Gasteiger partial charge in [0.1, 0.15) is 6.04 Å². The molecular weight excluding hydrogens is 320 g/mol. The van der Waals surface area contributed by atoms with Crippen molar-refractivity contribution in [3.8, 4) is 0 Å². The number of carboxylic acids is 1. The number of hydrogen-bond acceptors (Lipinski definition) is 4. The van der Waals surface area contributed by atoms with Gasteiger partial charge in [-0.25, -0.2) is 5.43 Å². The number of rotatable bonds is 5. The Morgan fingerprint density at radius 3 is 2.88 bits per heavy atom. The van der Waals surface area contributed by atoms with Crippen molar-refractivity contribution in [2.24, 2.45) is 16.8 Å². The first kappa shape index (κ1) is 15.6. The number of carbonyl (C=O) groups excluding carboxylic acids is 1. The maximum atomic E-state index is 12.2. The fourth-order valence-electron chi connectivity index (χ4n) is 3.17. The van der Waals surface area contributed by atoms with Gasteiger partial charge in [-0.1, -0.05) is 18.2 Å². The van der Waals surface area contributed by atoms with E-state index in [0.29, 0.717) is 17.2 Å². The molecular formula is C18H18N4O3. The van der Waals surface area contributed by atoms with E-state index in [9.17, 15) is 9.59 Å². The summed E-state index contributed by atoms with van der Waals surface area (Å²) in [5, 5.41) is 14.2. The Hall–Kier alpha value is -2.93. The quantitative estimate of drug-likeness (QED) is 0.616. The standard InChI is InChI=1S/C18H18N4O3/c19-13(18(24)25)7-11-10-3-1-2-4-14(10)20-15(11)8-12-16(9-5-6-9)21-22-17(12)23/h1-4,8-9,13,20H,5-7,19H2,(H,22,23)(H,24,25)/b12-8-. The van der Waals surface area contributed by atoms with Gasteiger partial charge in [-0.2, -0.15) is 5.10 Å². The minimum absolute atomic E-state index is 0.177. The zero-order valence-electron chi connectivity index (χ0n) is 13.5. The molecule has 0 radical (unpaired) electrons. The van der Waals surface area contributed by atoms with Crippen LogP contribution in [0.5, 0.6) is 0 Å². The number of aromatic amines is 1. The van der Waals surface area contributed by atoms with Gasteiger partial charge in [0.05, 0.1) is 11.3 Å². The number of para-hydroxylation sites is 1. The van der Waals surface area contributed by atoms with Crippen LogP contribution in [-0.4, -0.2) is 33.7 Å². The van der Waals surface area contributed by atoms with Gasteiger partial charge in [0.2, 0.25) is 0 Å². The summed E-state index contributed by atoms with van der Waals surface area (Å²) < 4.78 is 0. The van der Waals surface area contributed by atoms with Crippen molar-refractivity contribution in [3.63, 3.8) is 0 Å². The number of fused-ring (bicyclic) bond motifs is 1. The molecule has 2 aliphatic rings. The molecule has 0 saturated heterocycles. The Labute approximate surface area is 143 Å². The molecule has 7 nitrogen and oxygen atoms in total. The maximum absolute atomic E-state index is 12.2. The van der Waals surface area contributed by atoms with Gasteiger partial charge in [0.15, 0.2) is 0 Å². The average molecular weight is 338 g/mol. The molecule has 1 amide bonds. The van der Waals surface area contributed by atoms with Gasteiger partial charge < -0.3 is 15.8 Å². The molecule has 4 rings (SSSR count). The molecule has 5 N–H and O–H groups in total. The number of benzene rings is 1. The van der Waals surface area contributed by atoms with Gasteiger partial charge in [0, 0.05) is 28.9 Å². The Balaban J connectivity index is 1.81. The molecule has 1 fully saturated rings. The first-order valence-electron chi connectivity index (χ1n) is 8.22. The van der Waals surface area contributed by atoms with Crippen molar-refractivity contribution in [3.05, 3.63) is 41.1 Å². The second-order valence-electron chi connectivity index (χ2n) is 6.48. The highest BCUT2D eigenvalue weighted by molar-refractivity contribution is 6.28. The number of hydrogen-bond donors (Lipinski definition) is 4. The third-order valence-corrected chi connectivity index (χ3v) is 4.64. The predicted molar refractivity (Wildman–Crippen MR) is 93.9 cm³/mol. The van der Waals surface area contributed by atoms with E-state index in [-0.39, 0.29) is 12.3 Å². The number of aliphatic carboxylic acids is 1. The molecule has 25 heavy (non-hydrogen) atoms. The third-order valence-electron chi connectivity index (χ3n) is 4.64. The molecule has 128 valence electrons. The van der Waals surface area contributed by atoms with E-state index >= 15 is 0 Å². The SMILES string of the molecule is NC(Cc1c(/C=C2\C(=O)NN=C2C2CC2)[nH]c2ccccc12)C(=O)O. The molecule has 1 unspecified atom stereocenters. The van der Waals surface area contributed by atoms with E-state index in [2.05, 4.69) is 15.5 Å². The van der Waals surface area contributed by atoms with Crippen LogP contribution in [0.1, 0.15) is 24.1 Å². The van der Waals surface area contributed by atoms with Gasteiger partial charge in [-0.15, -0.1) is 0 Å². The van der Waals surface area contributed by atoms with E-state index in [0.717, 1.165) is 35.0 Å². The average Bonchev–Trinajstić information content (AvgIpc) is 3.29. The Bertz CT molecular complexity index is 937. The smallest absolute Gasteiger partial charge is 0.320 e. The summed E-state index contributed by atoms with van der Waals surface area (Å²) in [6.07, 6.45) is 4.02. The van der Waals surface area contributed by atoms with Crippen LogP contribution in [0.15, 0.2) is 34.9 Å². The lowest BCUT2D eigenvalue weighted by Crippen LogP contribution is -2.32. The highest BCUT2D eigenvalue weighted by Crippen LogP contribution is 2.36. The Morgan fingerprint density at radius 2 is 2.16 bits per heavy atom. The topological polar surface area (TPSA) is 121 Å². The number of hydrazone groups is 1. The molecule has 0 spiro atoms. The summed E-state index contributed by atoms with van der Waals surface area (Å²) in [6, 6.07) is 6.61. The zero-order valence-corrected chi connectivity index (χ0v) is 13.5. The predicted octanol–water partition coefficient (Wildman–Crippen LogP) is 1.40. The van der Waals surface area contributed by atoms with Crippen molar-refractivity contribution in [1.82, 2.24) is 10.4 Å². The third kappa shape index (κ3) is 2.83. The molecule has 2 aromatic rings. The van der Waals surface area contributed by atoms with Crippen LogP contribution in [0.25, 0.3) is 17.0 Å². The fraction of sp³-hybridized carbons (Fsp3) is 0.278. The van der Waals surface area contributed by atoms with E-state index in [1.54, 1.807) is 6.08 Å². The summed E-state index contributed by atoms with van der Waals surface area (Å²) in [6.45, 7) is 0. The molecule has 1 aromatic carbocycles. The number of carboxylic acid groups (broad SMARTS) is 1. The number of amides is 1. The van der Waals surface area contributed by atoms with Crippen molar-refractivity contribution in [1.29, 1.82) is 0 Å². The molecule has 0 bridgehead atoms. The van der Waals surface area contributed by atoms with E-state index in [1.807, 2.05) is 24.3 Å². The van der Waals surface area contributed by atoms with E-state index in [4.69, 9.17) is 10.8 Å². The number of nitrogens with two attached hydrogens (primary N) is 1. The monoisotopic (exact) mass is 338 g/mol. The lowest BCUT2D eigenvalue weighted by Gasteiger charge is -2.07. The van der Waals surface area contributed by atoms with Crippen LogP contribution in [0.4, 0.5) is 0 Å². The lowest BCUT2D eigenvalue weighted by atomic mass is 9.99. The molecule has 1 atom stereocenters. The number of aromatic nitrogens is 1. The summed E-state index contributed by atoms with van der Waals surface area (Å²) in [4.78, 5) is 26.6. The van der Waals surface area contributed by atoms with Crippen LogP contribution in [-0.2, 0) is 16.0 Å². The Morgan fingerprint density at radius 1 is 1.40 bits per heavy atom. The van der Waals surface area contributed by atoms with E-state index < -0.39 is 12.0 Å². The number of nitrogens with one attached hydrogen (secondary N) is 2. The van der Waals surface area contributed by atoms with E-state index in [1.165, 1.54) is 0 Å². The summed E-state index contributed by atoms with van der Waals surface area (Å²) in [7, 11) is 0. The zero-order chi connectivity index (χ0) is 17.6. The number of nitrogens with zero attached hydrogens (tertiary/aromatic N) is 1. The molecule has 1 aliphatic heterocycles. The molecule has 7 heteroatoms. The molecule has 1 saturated carbocycles. The minimum atomic E-state index is -1.05. The van der Waals surface area contributed by atoms with Crippen molar-refractivity contribution >= 4 is 34.6 Å². The summed E-state index contributed by atoms with van der Waals surface area (Å²) >= 11 is 0. The van der Waals surface area contributed by atoms with Gasteiger partial charge in [-0.3, -0.25) is 9.59 Å². The summed E-state index contributed by atoms with van der Waals surface area (Å²) in [5.41, 5.74) is 12.0. The maximum Gasteiger partial charge on any atom is 0.320 e. The van der Waals surface area contributed by atoms with Crippen LogP contribution in [0.2, 0.25) is 0 Å². The van der Waals surface area contributed by atoms with Crippen LogP contribution in [0, 0.1) is 5.92 Å². The second kappa shape index (κ2) is 5.86. The first-order chi connectivity index (χ1) is 12.0. The van der Waals surface area contributed by atoms with Gasteiger partial charge >= 0.3 is 5.97 Å². The Kier molecular flexibility index (Phi) is 3.65. The van der Waals surface area contributed by atoms with Gasteiger partial charge in [0.25, 0.3) is 5.91 Å². The van der Waals surface area contributed by atoms with Crippen molar-refractivity contribution in [2.75, 3.05) is 0 Å². The first-order valence-corrected chi connectivity index (χ1v) is 8.22. The van der Waals surface area contributed by atoms with Crippen LogP contribution >= 0.6 is 0 Å². The van der Waals surface area contributed by atoms with Crippen molar-refractivity contribution in [2.45, 2.75) is 25.3 Å². The molecule has 1 aromatic heterocycles. The molecule has 1 aliphatic carbocycles. The van der Waals surface area contributed by atoms with Gasteiger partial charge in [-0.05, 0) is 30.5 Å². The highest BCUT2D eigenvalue weighted by atomic mass is 16.4. The van der Waals surface area contributed by atoms with Crippen LogP contribution in [0.3, 0.4) is 0 Å². The number of H-pyrrole nitrogens is 1. The second-order valence-corrected chi connectivity index (χ2v) is 6.48. The highest BCUT2D eigenvalue weighted by Gasteiger charge is 2.36. The van der Waals surface area contributed by atoms with Crippen LogP contribution < -0.4 is 11.2 Å².